The van der Waals surface area contributed by atoms with Crippen LogP contribution in [0.4, 0.5) is 0 Å². The summed E-state index contributed by atoms with van der Waals surface area (Å²) < 4.78 is 21.6. The van der Waals surface area contributed by atoms with Crippen molar-refractivity contribution in [3.8, 4) is 10.8 Å². The Labute approximate surface area is 157 Å². The number of furan rings is 2. The number of hydrogen-bond acceptors (Lipinski definition) is 8. The van der Waals surface area contributed by atoms with Crippen LogP contribution in [-0.2, 0) is 16.1 Å². The molecule has 0 spiro atoms. The van der Waals surface area contributed by atoms with E-state index in [1.165, 1.54) is 36.6 Å². The number of benzene rings is 1. The van der Waals surface area contributed by atoms with E-state index in [9.17, 15) is 9.59 Å². The Balaban J connectivity index is 1.44. The molecule has 0 atom stereocenters. The lowest BCUT2D eigenvalue weighted by Crippen LogP contribution is -2.03. The number of ether oxygens (including phenoxy) is 2. The molecule has 0 saturated heterocycles. The third-order valence-corrected chi connectivity index (χ3v) is 4.76. The first-order valence-electron chi connectivity index (χ1n) is 7.94. The molecule has 0 fully saturated rings. The molecule has 8 heteroatoms. The van der Waals surface area contributed by atoms with E-state index in [1.807, 2.05) is 24.3 Å². The van der Waals surface area contributed by atoms with Gasteiger partial charge in [-0.15, -0.1) is 11.3 Å². The Morgan fingerprint density at radius 1 is 1.00 bits per heavy atom. The van der Waals surface area contributed by atoms with Crippen molar-refractivity contribution in [2.75, 3.05) is 7.11 Å². The van der Waals surface area contributed by atoms with E-state index in [-0.39, 0.29) is 18.1 Å². The highest BCUT2D eigenvalue weighted by Crippen LogP contribution is 2.31. The summed E-state index contributed by atoms with van der Waals surface area (Å²) in [5, 5.41) is 0.684. The minimum Gasteiger partial charge on any atom is -0.463 e. The first kappa shape index (κ1) is 17.0. The number of thiazole rings is 1. The predicted octanol–water partition coefficient (Wildman–Crippen LogP) is 4.29. The van der Waals surface area contributed by atoms with Gasteiger partial charge < -0.3 is 18.3 Å². The Morgan fingerprint density at radius 2 is 1.78 bits per heavy atom. The van der Waals surface area contributed by atoms with Crippen molar-refractivity contribution >= 4 is 33.5 Å². The topological polar surface area (TPSA) is 91.8 Å². The van der Waals surface area contributed by atoms with Gasteiger partial charge in [-0.25, -0.2) is 14.6 Å². The van der Waals surface area contributed by atoms with Gasteiger partial charge in [-0.3, -0.25) is 0 Å². The lowest BCUT2D eigenvalue weighted by Gasteiger charge is -2.00. The number of nitrogens with zero attached hydrogens (tertiary/aromatic N) is 1. The van der Waals surface area contributed by atoms with Crippen LogP contribution < -0.4 is 0 Å². The number of rotatable bonds is 5. The smallest absolute Gasteiger partial charge is 0.374 e. The lowest BCUT2D eigenvalue weighted by atomic mass is 10.3. The molecule has 3 aromatic heterocycles. The number of hydrogen-bond donors (Lipinski definition) is 0. The van der Waals surface area contributed by atoms with Crippen molar-refractivity contribution in [3.05, 3.63) is 65.8 Å². The summed E-state index contributed by atoms with van der Waals surface area (Å²) in [5.41, 5.74) is 0.872. The van der Waals surface area contributed by atoms with Crippen molar-refractivity contribution in [2.45, 2.75) is 6.61 Å². The molecule has 4 aromatic rings. The largest absolute Gasteiger partial charge is 0.463 e. The minimum absolute atomic E-state index is 0.0414. The number of fused-ring (bicyclic) bond motifs is 1. The second kappa shape index (κ2) is 7.08. The van der Waals surface area contributed by atoms with E-state index in [0.717, 1.165) is 10.2 Å². The highest BCUT2D eigenvalue weighted by Gasteiger charge is 2.17. The molecule has 0 aliphatic carbocycles. The van der Waals surface area contributed by atoms with Crippen LogP contribution in [-0.4, -0.2) is 24.0 Å². The summed E-state index contributed by atoms with van der Waals surface area (Å²) in [4.78, 5) is 28.0. The van der Waals surface area contributed by atoms with Gasteiger partial charge in [-0.1, -0.05) is 12.1 Å². The Hall–Kier alpha value is -3.39. The zero-order valence-corrected chi connectivity index (χ0v) is 14.9. The molecule has 7 nitrogen and oxygen atoms in total. The second-order valence-electron chi connectivity index (χ2n) is 5.48. The fourth-order valence-electron chi connectivity index (χ4n) is 2.41. The number of carbonyl (C=O) groups is 2. The van der Waals surface area contributed by atoms with Crippen LogP contribution in [0.2, 0.25) is 0 Å². The van der Waals surface area contributed by atoms with Gasteiger partial charge in [-0.05, 0) is 36.4 Å². The van der Waals surface area contributed by atoms with E-state index in [0.29, 0.717) is 16.5 Å². The molecule has 0 amide bonds. The van der Waals surface area contributed by atoms with Gasteiger partial charge in [0.25, 0.3) is 0 Å². The molecule has 0 unspecified atom stereocenters. The summed E-state index contributed by atoms with van der Waals surface area (Å²) in [7, 11) is 1.25. The van der Waals surface area contributed by atoms with Crippen molar-refractivity contribution in [2.24, 2.45) is 0 Å². The minimum atomic E-state index is -0.640. The molecule has 0 saturated carbocycles. The highest BCUT2D eigenvalue weighted by atomic mass is 32.1. The normalized spacial score (nSPS) is 10.9. The average Bonchev–Trinajstić information content (AvgIpc) is 3.43. The van der Waals surface area contributed by atoms with Crippen LogP contribution in [0.3, 0.4) is 0 Å². The molecule has 3 heterocycles. The number of para-hydroxylation sites is 1. The number of methoxy groups -OCH3 is 1. The average molecular weight is 383 g/mol. The van der Waals surface area contributed by atoms with Gasteiger partial charge in [0.2, 0.25) is 11.5 Å². The summed E-state index contributed by atoms with van der Waals surface area (Å²) in [5.74, 6) is -0.322. The summed E-state index contributed by atoms with van der Waals surface area (Å²) in [6, 6.07) is 13.9. The van der Waals surface area contributed by atoms with Crippen LogP contribution in [0.15, 0.2) is 57.4 Å². The summed E-state index contributed by atoms with van der Waals surface area (Å²) in [6.45, 7) is -0.132. The van der Waals surface area contributed by atoms with Crippen LogP contribution in [0.25, 0.3) is 21.0 Å². The van der Waals surface area contributed by atoms with Crippen LogP contribution in [0, 0.1) is 0 Å². The molecule has 1 aromatic carbocycles. The fraction of sp³-hybridized carbons (Fsp3) is 0.105. The molecule has 0 aliphatic heterocycles. The van der Waals surface area contributed by atoms with Gasteiger partial charge in [-0.2, -0.15) is 0 Å². The SMILES string of the molecule is COC(=O)c1ccc(COC(=O)c2ccc(-c3nc4ccccc4s3)o2)o1. The Bertz CT molecular complexity index is 1090. The van der Waals surface area contributed by atoms with E-state index < -0.39 is 11.9 Å². The molecular weight excluding hydrogens is 370 g/mol. The Morgan fingerprint density at radius 3 is 2.59 bits per heavy atom. The molecule has 0 bridgehead atoms. The lowest BCUT2D eigenvalue weighted by molar-refractivity contribution is 0.0404. The third kappa shape index (κ3) is 3.47. The standard InChI is InChI=1S/C19H13NO6S/c1-23-18(21)14-7-6-11(25-14)10-24-19(22)15-9-8-13(26-15)17-20-12-4-2-3-5-16(12)27-17/h2-9H,10H2,1H3. The molecule has 136 valence electrons. The molecule has 4 rings (SSSR count). The van der Waals surface area contributed by atoms with Crippen molar-refractivity contribution < 1.29 is 27.9 Å². The zero-order chi connectivity index (χ0) is 18.8. The van der Waals surface area contributed by atoms with Crippen molar-refractivity contribution in [1.29, 1.82) is 0 Å². The fourth-order valence-corrected chi connectivity index (χ4v) is 3.34. The number of aromatic nitrogens is 1. The first-order valence-corrected chi connectivity index (χ1v) is 8.75. The van der Waals surface area contributed by atoms with Crippen molar-refractivity contribution in [3.63, 3.8) is 0 Å². The molecule has 0 radical (unpaired) electrons. The quantitative estimate of drug-likeness (QED) is 0.475. The van der Waals surface area contributed by atoms with E-state index in [1.54, 1.807) is 6.07 Å². The summed E-state index contributed by atoms with van der Waals surface area (Å²) >= 11 is 1.48. The maximum absolute atomic E-state index is 12.2. The van der Waals surface area contributed by atoms with E-state index in [4.69, 9.17) is 13.6 Å². The van der Waals surface area contributed by atoms with Crippen LogP contribution in [0.1, 0.15) is 26.9 Å². The van der Waals surface area contributed by atoms with Gasteiger partial charge in [0.05, 0.1) is 17.3 Å². The summed E-state index contributed by atoms with van der Waals surface area (Å²) in [6.07, 6.45) is 0. The monoisotopic (exact) mass is 383 g/mol. The highest BCUT2D eigenvalue weighted by molar-refractivity contribution is 7.21. The second-order valence-corrected chi connectivity index (χ2v) is 6.51. The number of carbonyl (C=O) groups excluding carboxylic acids is 2. The predicted molar refractivity (Wildman–Crippen MR) is 96.5 cm³/mol. The maximum atomic E-state index is 12.2. The molecular formula is C19H13NO6S. The molecule has 0 aliphatic rings. The van der Waals surface area contributed by atoms with Gasteiger partial charge in [0.15, 0.2) is 10.8 Å². The van der Waals surface area contributed by atoms with Crippen LogP contribution >= 0.6 is 11.3 Å². The zero-order valence-electron chi connectivity index (χ0n) is 14.1. The van der Waals surface area contributed by atoms with Gasteiger partial charge >= 0.3 is 11.9 Å². The number of esters is 2. The maximum Gasteiger partial charge on any atom is 0.374 e. The van der Waals surface area contributed by atoms with E-state index >= 15 is 0 Å². The Kier molecular flexibility index (Phi) is 4.47. The van der Waals surface area contributed by atoms with Crippen LogP contribution in [0.5, 0.6) is 0 Å². The van der Waals surface area contributed by atoms with Crippen molar-refractivity contribution in [1.82, 2.24) is 4.98 Å². The van der Waals surface area contributed by atoms with Gasteiger partial charge in [0, 0.05) is 0 Å². The third-order valence-electron chi connectivity index (χ3n) is 3.71. The van der Waals surface area contributed by atoms with E-state index in [2.05, 4.69) is 9.72 Å². The first-order chi connectivity index (χ1) is 13.1. The van der Waals surface area contributed by atoms with Gasteiger partial charge in [0.1, 0.15) is 12.4 Å². The molecule has 0 N–H and O–H groups in total. The molecule has 27 heavy (non-hydrogen) atoms.